The number of likely N-dealkylation sites (tertiary alicyclic amines) is 1. The SMILES string of the molecule is CCNC1(C(=O)OCC)CC(C)N(C2CC2)C1. The third-order valence-electron chi connectivity index (χ3n) is 3.86. The van der Waals surface area contributed by atoms with Gasteiger partial charge in [0.05, 0.1) is 6.61 Å². The topological polar surface area (TPSA) is 41.6 Å². The lowest BCUT2D eigenvalue weighted by Gasteiger charge is -2.28. The van der Waals surface area contributed by atoms with E-state index in [1.165, 1.54) is 12.8 Å². The van der Waals surface area contributed by atoms with Crippen LogP contribution < -0.4 is 5.32 Å². The first-order valence-corrected chi connectivity index (χ1v) is 6.81. The molecule has 4 heteroatoms. The number of hydrogen-bond acceptors (Lipinski definition) is 4. The lowest BCUT2D eigenvalue weighted by molar-refractivity contribution is -0.150. The van der Waals surface area contributed by atoms with Crippen molar-refractivity contribution in [1.82, 2.24) is 10.2 Å². The normalized spacial score (nSPS) is 33.9. The average molecular weight is 240 g/mol. The molecule has 0 radical (unpaired) electrons. The monoisotopic (exact) mass is 240 g/mol. The van der Waals surface area contributed by atoms with E-state index in [0.717, 1.165) is 19.5 Å². The number of ether oxygens (including phenoxy) is 1. The Kier molecular flexibility index (Phi) is 3.73. The number of esters is 1. The lowest BCUT2D eigenvalue weighted by atomic mass is 9.96. The highest BCUT2D eigenvalue weighted by molar-refractivity contribution is 5.82. The van der Waals surface area contributed by atoms with Gasteiger partial charge in [-0.15, -0.1) is 0 Å². The fourth-order valence-corrected chi connectivity index (χ4v) is 3.00. The Morgan fingerprint density at radius 2 is 2.18 bits per heavy atom. The quantitative estimate of drug-likeness (QED) is 0.732. The molecule has 1 heterocycles. The zero-order chi connectivity index (χ0) is 12.5. The van der Waals surface area contributed by atoms with Gasteiger partial charge < -0.3 is 10.1 Å². The zero-order valence-corrected chi connectivity index (χ0v) is 11.2. The van der Waals surface area contributed by atoms with E-state index in [-0.39, 0.29) is 5.97 Å². The number of carbonyl (C=O) groups excluding carboxylic acids is 1. The van der Waals surface area contributed by atoms with E-state index in [4.69, 9.17) is 4.74 Å². The van der Waals surface area contributed by atoms with Crippen LogP contribution in [0.4, 0.5) is 0 Å². The molecule has 0 aromatic carbocycles. The number of rotatable bonds is 5. The maximum absolute atomic E-state index is 12.2. The summed E-state index contributed by atoms with van der Waals surface area (Å²) in [4.78, 5) is 14.7. The van der Waals surface area contributed by atoms with Gasteiger partial charge in [-0.1, -0.05) is 6.92 Å². The van der Waals surface area contributed by atoms with Crippen molar-refractivity contribution in [3.05, 3.63) is 0 Å². The molecule has 0 spiro atoms. The Bertz CT molecular complexity index is 291. The number of nitrogens with one attached hydrogen (secondary N) is 1. The molecule has 2 fully saturated rings. The molecule has 2 unspecified atom stereocenters. The average Bonchev–Trinajstić information content (AvgIpc) is 3.05. The highest BCUT2D eigenvalue weighted by Gasteiger charge is 2.51. The summed E-state index contributed by atoms with van der Waals surface area (Å²) in [6.07, 6.45) is 3.45. The summed E-state index contributed by atoms with van der Waals surface area (Å²) >= 11 is 0. The predicted octanol–water partition coefficient (Wildman–Crippen LogP) is 1.15. The van der Waals surface area contributed by atoms with E-state index < -0.39 is 5.54 Å². The van der Waals surface area contributed by atoms with E-state index >= 15 is 0 Å². The van der Waals surface area contributed by atoms with Crippen LogP contribution in [0.5, 0.6) is 0 Å². The molecule has 17 heavy (non-hydrogen) atoms. The van der Waals surface area contributed by atoms with E-state index in [1.54, 1.807) is 0 Å². The van der Waals surface area contributed by atoms with Crippen molar-refractivity contribution in [2.24, 2.45) is 0 Å². The lowest BCUT2D eigenvalue weighted by Crippen LogP contribution is -2.55. The van der Waals surface area contributed by atoms with Gasteiger partial charge >= 0.3 is 5.97 Å². The van der Waals surface area contributed by atoms with E-state index in [2.05, 4.69) is 17.1 Å². The minimum absolute atomic E-state index is 0.0724. The largest absolute Gasteiger partial charge is 0.465 e. The molecule has 1 N–H and O–H groups in total. The van der Waals surface area contributed by atoms with Crippen molar-refractivity contribution in [2.45, 2.75) is 57.7 Å². The van der Waals surface area contributed by atoms with Gasteiger partial charge in [-0.25, -0.2) is 4.79 Å². The van der Waals surface area contributed by atoms with Crippen LogP contribution in [-0.4, -0.2) is 48.2 Å². The minimum atomic E-state index is -0.466. The Morgan fingerprint density at radius 1 is 1.47 bits per heavy atom. The fraction of sp³-hybridized carbons (Fsp3) is 0.923. The molecule has 1 aliphatic heterocycles. The molecule has 0 aromatic rings. The standard InChI is InChI=1S/C13H24N2O2/c1-4-14-13(12(16)17-5-2)8-10(3)15(9-13)11-6-7-11/h10-11,14H,4-9H2,1-3H3. The van der Waals surface area contributed by atoms with Crippen molar-refractivity contribution < 1.29 is 9.53 Å². The first kappa shape index (κ1) is 12.8. The van der Waals surface area contributed by atoms with Gasteiger partial charge in [-0.2, -0.15) is 0 Å². The van der Waals surface area contributed by atoms with Gasteiger partial charge in [0.2, 0.25) is 0 Å². The van der Waals surface area contributed by atoms with Crippen LogP contribution >= 0.6 is 0 Å². The molecule has 0 bridgehead atoms. The van der Waals surface area contributed by atoms with Crippen molar-refractivity contribution in [3.63, 3.8) is 0 Å². The van der Waals surface area contributed by atoms with Gasteiger partial charge in [-0.05, 0) is 39.7 Å². The van der Waals surface area contributed by atoms with E-state index in [9.17, 15) is 4.79 Å². The first-order chi connectivity index (χ1) is 8.13. The third kappa shape index (κ3) is 2.47. The molecular weight excluding hydrogens is 216 g/mol. The van der Waals surface area contributed by atoms with Gasteiger partial charge in [0, 0.05) is 18.6 Å². The second-order valence-electron chi connectivity index (χ2n) is 5.29. The Morgan fingerprint density at radius 3 is 2.71 bits per heavy atom. The maximum Gasteiger partial charge on any atom is 0.327 e. The van der Waals surface area contributed by atoms with Gasteiger partial charge in [-0.3, -0.25) is 4.90 Å². The van der Waals surface area contributed by atoms with Crippen LogP contribution in [0.3, 0.4) is 0 Å². The predicted molar refractivity (Wildman–Crippen MR) is 66.8 cm³/mol. The number of nitrogens with zero attached hydrogens (tertiary/aromatic N) is 1. The molecule has 2 rings (SSSR count). The highest BCUT2D eigenvalue weighted by Crippen LogP contribution is 2.37. The third-order valence-corrected chi connectivity index (χ3v) is 3.86. The Labute approximate surface area is 104 Å². The van der Waals surface area contributed by atoms with Gasteiger partial charge in [0.1, 0.15) is 5.54 Å². The summed E-state index contributed by atoms with van der Waals surface area (Å²) in [7, 11) is 0. The molecule has 1 saturated carbocycles. The van der Waals surface area contributed by atoms with E-state index in [1.807, 2.05) is 13.8 Å². The molecule has 1 saturated heterocycles. The number of carbonyl (C=O) groups is 1. The smallest absolute Gasteiger partial charge is 0.327 e. The molecule has 1 aliphatic carbocycles. The molecule has 98 valence electrons. The van der Waals surface area contributed by atoms with E-state index in [0.29, 0.717) is 18.7 Å². The molecular formula is C13H24N2O2. The highest BCUT2D eigenvalue weighted by atomic mass is 16.5. The number of hydrogen-bond donors (Lipinski definition) is 1. The van der Waals surface area contributed by atoms with Gasteiger partial charge in [0.25, 0.3) is 0 Å². The summed E-state index contributed by atoms with van der Waals surface area (Å²) < 4.78 is 5.25. The summed E-state index contributed by atoms with van der Waals surface area (Å²) in [6, 6.07) is 1.19. The van der Waals surface area contributed by atoms with Crippen LogP contribution in [-0.2, 0) is 9.53 Å². The van der Waals surface area contributed by atoms with Crippen LogP contribution in [0.15, 0.2) is 0 Å². The summed E-state index contributed by atoms with van der Waals surface area (Å²) in [6.45, 7) is 8.22. The summed E-state index contributed by atoms with van der Waals surface area (Å²) in [5.41, 5.74) is -0.466. The molecule has 2 aliphatic rings. The molecule has 4 nitrogen and oxygen atoms in total. The van der Waals surface area contributed by atoms with Crippen molar-refractivity contribution >= 4 is 5.97 Å². The second kappa shape index (κ2) is 4.94. The molecule has 0 aromatic heterocycles. The Hall–Kier alpha value is -0.610. The number of likely N-dealkylation sites (N-methyl/N-ethyl adjacent to an activating group) is 1. The molecule has 0 amide bonds. The molecule has 2 atom stereocenters. The fourth-order valence-electron chi connectivity index (χ4n) is 3.00. The Balaban J connectivity index is 2.09. The van der Waals surface area contributed by atoms with Gasteiger partial charge in [0.15, 0.2) is 0 Å². The van der Waals surface area contributed by atoms with Crippen molar-refractivity contribution in [3.8, 4) is 0 Å². The minimum Gasteiger partial charge on any atom is -0.465 e. The summed E-state index contributed by atoms with van der Waals surface area (Å²) in [5, 5.41) is 3.37. The second-order valence-corrected chi connectivity index (χ2v) is 5.29. The summed E-state index contributed by atoms with van der Waals surface area (Å²) in [5.74, 6) is -0.0724. The van der Waals surface area contributed by atoms with Crippen LogP contribution in [0.1, 0.15) is 40.0 Å². The zero-order valence-electron chi connectivity index (χ0n) is 11.2. The van der Waals surface area contributed by atoms with Crippen molar-refractivity contribution in [1.29, 1.82) is 0 Å². The van der Waals surface area contributed by atoms with Crippen LogP contribution in [0.25, 0.3) is 0 Å². The van der Waals surface area contributed by atoms with Crippen LogP contribution in [0, 0.1) is 0 Å². The van der Waals surface area contributed by atoms with Crippen LogP contribution in [0.2, 0.25) is 0 Å². The maximum atomic E-state index is 12.2. The first-order valence-electron chi connectivity index (χ1n) is 6.81. The van der Waals surface area contributed by atoms with Crippen molar-refractivity contribution in [2.75, 3.05) is 19.7 Å².